The number of benzene rings is 4. The van der Waals surface area contributed by atoms with Gasteiger partial charge in [0, 0.05) is 61.9 Å². The van der Waals surface area contributed by atoms with Crippen LogP contribution in [0.1, 0.15) is 35.4 Å². The Morgan fingerprint density at radius 3 is 1.70 bits per heavy atom. The quantitative estimate of drug-likeness (QED) is 0.0487. The molecule has 2 heterocycles. The molecule has 0 spiro atoms. The number of nitrogens with zero attached hydrogens (tertiary/aromatic N) is 3. The number of amides is 1. The molecule has 2 aliphatic heterocycles. The van der Waals surface area contributed by atoms with E-state index in [9.17, 15) is 24.0 Å². The standard InChI is InChI=1S/C39H45N3O5S.2C4H4O4/c1-44-34-27-29(28-35(45-2)38(34)46-3)19-21-41-24-22-40(23-25-41)20-11-12-26-47-33-17-9-8-16-32(33)42-39(43)37(30-13-5-4-6-14-30)31-15-7-10-18-36(31)48-42;2*5-3(6)1-2-4(7)8/h4-10,13-18,27-28,37H,11-12,19-26H2,1-3H3;2*1-2H,(H,5,6)(H,7,8)/b;2*2-1-. The third-order valence-electron chi connectivity index (χ3n) is 9.85. The van der Waals surface area contributed by atoms with Crippen molar-refractivity contribution in [2.45, 2.75) is 30.1 Å². The van der Waals surface area contributed by atoms with E-state index in [1.165, 1.54) is 17.5 Å². The van der Waals surface area contributed by atoms with E-state index in [0.29, 0.717) is 48.2 Å². The molecule has 64 heavy (non-hydrogen) atoms. The number of rotatable bonds is 18. The van der Waals surface area contributed by atoms with Crippen LogP contribution < -0.4 is 23.3 Å². The first kappa shape index (κ1) is 49.8. The van der Waals surface area contributed by atoms with E-state index in [0.717, 1.165) is 86.0 Å². The second-order valence-electron chi connectivity index (χ2n) is 14.1. The molecule has 1 saturated heterocycles. The average molecular weight is 900 g/mol. The number of hydrogen-bond donors (Lipinski definition) is 4. The molecule has 0 radical (unpaired) electrons. The minimum absolute atomic E-state index is 0.0449. The molecule has 1 atom stereocenters. The fourth-order valence-electron chi connectivity index (χ4n) is 6.79. The summed E-state index contributed by atoms with van der Waals surface area (Å²) in [6, 6.07) is 30.2. The Bertz CT molecular complexity index is 2150. The highest BCUT2D eigenvalue weighted by molar-refractivity contribution is 8.01. The average Bonchev–Trinajstić information content (AvgIpc) is 3.30. The van der Waals surface area contributed by atoms with E-state index in [2.05, 4.69) is 21.9 Å². The van der Waals surface area contributed by atoms with E-state index >= 15 is 0 Å². The molecule has 1 amide bonds. The van der Waals surface area contributed by atoms with Crippen molar-refractivity contribution < 1.29 is 63.3 Å². The summed E-state index contributed by atoms with van der Waals surface area (Å²) in [7, 11) is 4.94. The fraction of sp³-hybridized carbons (Fsp3) is 0.298. The summed E-state index contributed by atoms with van der Waals surface area (Å²) in [5, 5.41) is 31.2. The van der Waals surface area contributed by atoms with Crippen LogP contribution in [-0.2, 0) is 30.4 Å². The van der Waals surface area contributed by atoms with Gasteiger partial charge in [-0.15, -0.1) is 0 Å². The maximum atomic E-state index is 14.0. The first-order chi connectivity index (χ1) is 30.8. The molecule has 0 aromatic heterocycles. The van der Waals surface area contributed by atoms with Crippen LogP contribution >= 0.6 is 11.9 Å². The zero-order chi connectivity index (χ0) is 46.4. The number of carboxylic acids is 4. The number of aliphatic carboxylic acids is 4. The minimum atomic E-state index is -1.26. The summed E-state index contributed by atoms with van der Waals surface area (Å²) in [6.45, 7) is 6.91. The van der Waals surface area contributed by atoms with Crippen LogP contribution in [0.25, 0.3) is 0 Å². The Balaban J connectivity index is 0.000000477. The summed E-state index contributed by atoms with van der Waals surface area (Å²) in [6.07, 6.45) is 5.17. The molecule has 2 aliphatic rings. The van der Waals surface area contributed by atoms with Gasteiger partial charge in [-0.05, 0) is 84.8 Å². The monoisotopic (exact) mass is 899 g/mol. The second kappa shape index (κ2) is 26.0. The van der Waals surface area contributed by atoms with Crippen molar-refractivity contribution in [3.05, 3.63) is 132 Å². The Hall–Kier alpha value is -6.82. The van der Waals surface area contributed by atoms with Crippen molar-refractivity contribution in [2.75, 3.05) is 71.5 Å². The van der Waals surface area contributed by atoms with Gasteiger partial charge in [0.25, 0.3) is 0 Å². The van der Waals surface area contributed by atoms with Crippen molar-refractivity contribution in [3.8, 4) is 23.0 Å². The molecule has 1 fully saturated rings. The van der Waals surface area contributed by atoms with Gasteiger partial charge in [0.1, 0.15) is 5.75 Å². The summed E-state index contributed by atoms with van der Waals surface area (Å²) in [5.74, 6) is -2.57. The van der Waals surface area contributed by atoms with E-state index in [1.807, 2.05) is 83.2 Å². The molecule has 16 nitrogen and oxygen atoms in total. The lowest BCUT2D eigenvalue weighted by Crippen LogP contribution is -2.47. The SMILES string of the molecule is COc1cc(CCN2CCN(CCCCOc3ccccc3N3Sc4ccccc4C(c4ccccc4)C3=O)CC2)cc(OC)c1OC.O=C(O)/C=C\C(=O)O.O=C(O)/C=C\C(=O)O. The number of unbranched alkanes of at least 4 members (excludes halogenated alkanes) is 1. The molecule has 4 N–H and O–H groups in total. The molecule has 0 aliphatic carbocycles. The predicted molar refractivity (Wildman–Crippen MR) is 241 cm³/mol. The number of carboxylic acid groups (broad SMARTS) is 4. The van der Waals surface area contributed by atoms with E-state index < -0.39 is 23.9 Å². The van der Waals surface area contributed by atoms with E-state index in [-0.39, 0.29) is 11.8 Å². The van der Waals surface area contributed by atoms with Crippen molar-refractivity contribution in [2.24, 2.45) is 0 Å². The van der Waals surface area contributed by atoms with Crippen molar-refractivity contribution in [1.29, 1.82) is 0 Å². The molecule has 340 valence electrons. The number of para-hydroxylation sites is 2. The lowest BCUT2D eigenvalue weighted by molar-refractivity contribution is -0.134. The molecule has 1 unspecified atom stereocenters. The number of hydrogen-bond acceptors (Lipinski definition) is 12. The maximum absolute atomic E-state index is 14.0. The third kappa shape index (κ3) is 15.5. The van der Waals surface area contributed by atoms with Crippen molar-refractivity contribution >= 4 is 47.4 Å². The first-order valence-electron chi connectivity index (χ1n) is 20.2. The van der Waals surface area contributed by atoms with Crippen LogP contribution in [0.4, 0.5) is 5.69 Å². The largest absolute Gasteiger partial charge is 0.493 e. The molecule has 0 saturated carbocycles. The van der Waals surface area contributed by atoms with E-state index in [1.54, 1.807) is 21.3 Å². The number of methoxy groups -OCH3 is 3. The Labute approximate surface area is 376 Å². The smallest absolute Gasteiger partial charge is 0.328 e. The van der Waals surface area contributed by atoms with Crippen LogP contribution in [0.3, 0.4) is 0 Å². The minimum Gasteiger partial charge on any atom is -0.493 e. The molecule has 4 aromatic rings. The Morgan fingerprint density at radius 2 is 1.16 bits per heavy atom. The summed E-state index contributed by atoms with van der Waals surface area (Å²) >= 11 is 1.48. The van der Waals surface area contributed by atoms with Gasteiger partial charge in [-0.3, -0.25) is 4.79 Å². The Kier molecular flexibility index (Phi) is 20.2. The molecule has 17 heteroatoms. The van der Waals surface area contributed by atoms with Gasteiger partial charge in [0.05, 0.1) is 39.5 Å². The topological polar surface area (TPSA) is 213 Å². The number of ether oxygens (including phenoxy) is 4. The lowest BCUT2D eigenvalue weighted by atomic mass is 9.90. The summed E-state index contributed by atoms with van der Waals surface area (Å²) in [5.41, 5.74) is 4.02. The third-order valence-corrected chi connectivity index (χ3v) is 11.0. The maximum Gasteiger partial charge on any atom is 0.328 e. The summed E-state index contributed by atoms with van der Waals surface area (Å²) in [4.78, 5) is 58.4. The molecular formula is C47H53N3O13S. The highest BCUT2D eigenvalue weighted by Gasteiger charge is 2.37. The molecular weight excluding hydrogens is 847 g/mol. The zero-order valence-electron chi connectivity index (χ0n) is 35.8. The molecule has 6 rings (SSSR count). The van der Waals surface area contributed by atoms with Gasteiger partial charge in [-0.2, -0.15) is 0 Å². The van der Waals surface area contributed by atoms with Crippen LogP contribution in [-0.4, -0.2) is 127 Å². The molecule has 0 bridgehead atoms. The number of fused-ring (bicyclic) bond motifs is 1. The van der Waals surface area contributed by atoms with Crippen molar-refractivity contribution in [3.63, 3.8) is 0 Å². The fourth-order valence-corrected chi connectivity index (χ4v) is 7.86. The van der Waals surface area contributed by atoms with Gasteiger partial charge >= 0.3 is 23.9 Å². The number of piperazine rings is 1. The Morgan fingerprint density at radius 1 is 0.641 bits per heavy atom. The summed E-state index contributed by atoms with van der Waals surface area (Å²) < 4.78 is 24.7. The van der Waals surface area contributed by atoms with Gasteiger partial charge in [0.15, 0.2) is 11.5 Å². The zero-order valence-corrected chi connectivity index (χ0v) is 36.6. The molecule has 4 aromatic carbocycles. The first-order valence-corrected chi connectivity index (χ1v) is 21.0. The second-order valence-corrected chi connectivity index (χ2v) is 15.1. The predicted octanol–water partition coefficient (Wildman–Crippen LogP) is 6.34. The van der Waals surface area contributed by atoms with Crippen LogP contribution in [0, 0.1) is 0 Å². The van der Waals surface area contributed by atoms with Gasteiger partial charge in [-0.1, -0.05) is 60.7 Å². The van der Waals surface area contributed by atoms with Gasteiger partial charge in [0.2, 0.25) is 11.7 Å². The number of carbonyl (C=O) groups excluding carboxylic acids is 1. The van der Waals surface area contributed by atoms with Crippen LogP contribution in [0.15, 0.2) is 120 Å². The van der Waals surface area contributed by atoms with Gasteiger partial charge < -0.3 is 49.2 Å². The van der Waals surface area contributed by atoms with Gasteiger partial charge in [-0.25, -0.2) is 23.5 Å². The van der Waals surface area contributed by atoms with Crippen LogP contribution in [0.2, 0.25) is 0 Å². The normalized spacial score (nSPS) is 15.0. The number of carbonyl (C=O) groups is 5. The lowest BCUT2D eigenvalue weighted by Gasteiger charge is -2.34. The van der Waals surface area contributed by atoms with E-state index in [4.69, 9.17) is 39.4 Å². The highest BCUT2D eigenvalue weighted by Crippen LogP contribution is 2.46. The van der Waals surface area contributed by atoms with Crippen LogP contribution in [0.5, 0.6) is 23.0 Å². The van der Waals surface area contributed by atoms with Crippen molar-refractivity contribution in [1.82, 2.24) is 9.80 Å². The highest BCUT2D eigenvalue weighted by atomic mass is 32.2. The number of anilines is 1.